The molecule has 0 aromatic rings. The molecule has 4 heteroatoms. The van der Waals surface area contributed by atoms with Gasteiger partial charge in [-0.2, -0.15) is 0 Å². The molecule has 5 atom stereocenters. The van der Waals surface area contributed by atoms with Crippen LogP contribution in [0.4, 0.5) is 0 Å². The summed E-state index contributed by atoms with van der Waals surface area (Å²) in [4.78, 5) is 0. The first-order valence-corrected chi connectivity index (χ1v) is 5.26. The first-order valence-electron chi connectivity index (χ1n) is 5.26. The van der Waals surface area contributed by atoms with Gasteiger partial charge in [0.1, 0.15) is 12.2 Å². The van der Waals surface area contributed by atoms with Gasteiger partial charge in [-0.25, -0.2) is 0 Å². The highest BCUT2D eigenvalue weighted by molar-refractivity contribution is 4.98. The summed E-state index contributed by atoms with van der Waals surface area (Å²) in [6.07, 6.45) is -0.00624. The molecule has 4 nitrogen and oxygen atoms in total. The van der Waals surface area contributed by atoms with E-state index in [1.54, 1.807) is 6.08 Å². The molecule has 2 aliphatic rings. The monoisotopic (exact) mass is 214 g/mol. The minimum Gasteiger partial charge on any atom is -0.387 e. The van der Waals surface area contributed by atoms with Crippen molar-refractivity contribution in [3.8, 4) is 0 Å². The van der Waals surface area contributed by atoms with E-state index in [4.69, 9.17) is 14.2 Å². The van der Waals surface area contributed by atoms with Gasteiger partial charge in [-0.15, -0.1) is 6.58 Å². The Morgan fingerprint density at radius 3 is 2.60 bits per heavy atom. The summed E-state index contributed by atoms with van der Waals surface area (Å²) in [6, 6.07) is 0. The van der Waals surface area contributed by atoms with Crippen LogP contribution in [0.15, 0.2) is 12.7 Å². The van der Waals surface area contributed by atoms with Crippen LogP contribution in [0.3, 0.4) is 0 Å². The summed E-state index contributed by atoms with van der Waals surface area (Å²) >= 11 is 0. The van der Waals surface area contributed by atoms with Gasteiger partial charge in [0, 0.05) is 5.92 Å². The predicted octanol–water partition coefficient (Wildman–Crippen LogP) is 1.05. The van der Waals surface area contributed by atoms with E-state index < -0.39 is 18.2 Å². The van der Waals surface area contributed by atoms with E-state index >= 15 is 0 Å². The van der Waals surface area contributed by atoms with Gasteiger partial charge in [0.2, 0.25) is 0 Å². The predicted molar refractivity (Wildman–Crippen MR) is 54.1 cm³/mol. The average molecular weight is 214 g/mol. The summed E-state index contributed by atoms with van der Waals surface area (Å²) in [5.41, 5.74) is 0. The molecule has 0 amide bonds. The molecule has 0 aromatic heterocycles. The van der Waals surface area contributed by atoms with Crippen LogP contribution in [-0.2, 0) is 14.2 Å². The van der Waals surface area contributed by atoms with Crippen molar-refractivity contribution >= 4 is 0 Å². The van der Waals surface area contributed by atoms with Crippen LogP contribution >= 0.6 is 0 Å². The smallest absolute Gasteiger partial charge is 0.190 e. The Morgan fingerprint density at radius 1 is 1.40 bits per heavy atom. The van der Waals surface area contributed by atoms with E-state index in [9.17, 15) is 5.11 Å². The molecule has 0 saturated carbocycles. The number of hydrogen-bond acceptors (Lipinski definition) is 4. The highest BCUT2D eigenvalue weighted by atomic mass is 16.8. The van der Waals surface area contributed by atoms with Crippen LogP contribution in [0.1, 0.15) is 20.8 Å². The van der Waals surface area contributed by atoms with Crippen molar-refractivity contribution in [1.82, 2.24) is 0 Å². The second-order valence-electron chi connectivity index (χ2n) is 4.65. The molecular weight excluding hydrogens is 196 g/mol. The topological polar surface area (TPSA) is 47.9 Å². The zero-order chi connectivity index (χ0) is 11.2. The lowest BCUT2D eigenvalue weighted by Gasteiger charge is -2.25. The summed E-state index contributed by atoms with van der Waals surface area (Å²) in [5, 5.41) is 10.0. The fraction of sp³-hybridized carbons (Fsp3) is 0.818. The third-order valence-electron chi connectivity index (χ3n) is 2.94. The molecular formula is C11H18O4. The van der Waals surface area contributed by atoms with Gasteiger partial charge in [0.05, 0.1) is 6.10 Å². The van der Waals surface area contributed by atoms with Crippen LogP contribution in [0, 0.1) is 5.92 Å². The molecule has 86 valence electrons. The van der Waals surface area contributed by atoms with E-state index in [1.165, 1.54) is 0 Å². The zero-order valence-electron chi connectivity index (χ0n) is 9.34. The second-order valence-corrected chi connectivity index (χ2v) is 4.65. The number of aliphatic hydroxyl groups is 1. The SMILES string of the molecule is C=CC(C)C1OC2OC(C)(C)OC2C1O. The Labute approximate surface area is 89.8 Å². The maximum absolute atomic E-state index is 10.0. The Morgan fingerprint density at radius 2 is 2.07 bits per heavy atom. The van der Waals surface area contributed by atoms with Crippen LogP contribution in [0.25, 0.3) is 0 Å². The molecule has 0 spiro atoms. The van der Waals surface area contributed by atoms with Gasteiger partial charge in [-0.1, -0.05) is 13.0 Å². The van der Waals surface area contributed by atoms with E-state index in [2.05, 4.69) is 6.58 Å². The summed E-state index contributed by atoms with van der Waals surface area (Å²) in [5.74, 6) is -0.584. The molecule has 0 radical (unpaired) electrons. The van der Waals surface area contributed by atoms with E-state index in [1.807, 2.05) is 20.8 Å². The van der Waals surface area contributed by atoms with Crippen molar-refractivity contribution in [2.45, 2.75) is 51.2 Å². The standard InChI is InChI=1S/C11H18O4/c1-5-6(2)8-7(12)9-10(13-8)15-11(3,4)14-9/h5-10,12H,1H2,2-4H3. The molecule has 2 heterocycles. The fourth-order valence-corrected chi connectivity index (χ4v) is 2.09. The van der Waals surface area contributed by atoms with Gasteiger partial charge >= 0.3 is 0 Å². The van der Waals surface area contributed by atoms with Crippen molar-refractivity contribution < 1.29 is 19.3 Å². The molecule has 0 aromatic carbocycles. The highest BCUT2D eigenvalue weighted by Gasteiger charge is 2.54. The fourth-order valence-electron chi connectivity index (χ4n) is 2.09. The minimum absolute atomic E-state index is 0.0842. The third-order valence-corrected chi connectivity index (χ3v) is 2.94. The molecule has 0 bridgehead atoms. The Hall–Kier alpha value is -0.420. The van der Waals surface area contributed by atoms with Crippen molar-refractivity contribution in [2.75, 3.05) is 0 Å². The normalized spacial score (nSPS) is 45.1. The molecule has 2 aliphatic heterocycles. The number of aliphatic hydroxyl groups excluding tert-OH is 1. The van der Waals surface area contributed by atoms with Gasteiger partial charge in [-0.05, 0) is 13.8 Å². The minimum atomic E-state index is -0.668. The second kappa shape index (κ2) is 3.56. The maximum atomic E-state index is 10.0. The molecule has 15 heavy (non-hydrogen) atoms. The summed E-state index contributed by atoms with van der Waals surface area (Å²) in [6.45, 7) is 9.27. The van der Waals surface area contributed by atoms with E-state index in [0.29, 0.717) is 0 Å². The first kappa shape index (κ1) is 11.1. The highest BCUT2D eigenvalue weighted by Crippen LogP contribution is 2.39. The third kappa shape index (κ3) is 1.83. The molecule has 2 saturated heterocycles. The van der Waals surface area contributed by atoms with Crippen LogP contribution < -0.4 is 0 Å². The van der Waals surface area contributed by atoms with Gasteiger partial charge in [0.25, 0.3) is 0 Å². The number of ether oxygens (including phenoxy) is 3. The molecule has 5 unspecified atom stereocenters. The lowest BCUT2D eigenvalue weighted by atomic mass is 9.99. The lowest BCUT2D eigenvalue weighted by molar-refractivity contribution is -0.218. The molecule has 1 N–H and O–H groups in total. The Balaban J connectivity index is 2.08. The number of hydrogen-bond donors (Lipinski definition) is 1. The summed E-state index contributed by atoms with van der Waals surface area (Å²) < 4.78 is 16.7. The number of fused-ring (bicyclic) bond motifs is 1. The zero-order valence-corrected chi connectivity index (χ0v) is 9.34. The first-order chi connectivity index (χ1) is 6.94. The Kier molecular flexibility index (Phi) is 2.63. The number of rotatable bonds is 2. The van der Waals surface area contributed by atoms with Crippen molar-refractivity contribution in [3.05, 3.63) is 12.7 Å². The lowest BCUT2D eigenvalue weighted by Crippen LogP contribution is -2.37. The van der Waals surface area contributed by atoms with Gasteiger partial charge in [-0.3, -0.25) is 0 Å². The van der Waals surface area contributed by atoms with Crippen LogP contribution in [0.5, 0.6) is 0 Å². The van der Waals surface area contributed by atoms with Crippen LogP contribution in [0.2, 0.25) is 0 Å². The molecule has 2 rings (SSSR count). The molecule has 2 fully saturated rings. The van der Waals surface area contributed by atoms with Crippen LogP contribution in [-0.4, -0.2) is 35.5 Å². The van der Waals surface area contributed by atoms with Gasteiger partial charge < -0.3 is 19.3 Å². The average Bonchev–Trinajstić information content (AvgIpc) is 2.60. The Bertz CT molecular complexity index is 263. The van der Waals surface area contributed by atoms with Gasteiger partial charge in [0.15, 0.2) is 12.1 Å². The quantitative estimate of drug-likeness (QED) is 0.698. The van der Waals surface area contributed by atoms with Crippen molar-refractivity contribution in [1.29, 1.82) is 0 Å². The van der Waals surface area contributed by atoms with Crippen molar-refractivity contribution in [3.63, 3.8) is 0 Å². The summed E-state index contributed by atoms with van der Waals surface area (Å²) in [7, 11) is 0. The van der Waals surface area contributed by atoms with E-state index in [0.717, 1.165) is 0 Å². The molecule has 0 aliphatic carbocycles. The largest absolute Gasteiger partial charge is 0.387 e. The maximum Gasteiger partial charge on any atom is 0.190 e. The van der Waals surface area contributed by atoms with Crippen molar-refractivity contribution in [2.24, 2.45) is 5.92 Å². The van der Waals surface area contributed by atoms with E-state index in [-0.39, 0.29) is 18.1 Å².